The Kier molecular flexibility index (Phi) is 3.93. The van der Waals surface area contributed by atoms with Gasteiger partial charge in [-0.1, -0.05) is 0 Å². The summed E-state index contributed by atoms with van der Waals surface area (Å²) in [5.74, 6) is 0. The van der Waals surface area contributed by atoms with Crippen LogP contribution in [-0.2, 0) is 0 Å². The summed E-state index contributed by atoms with van der Waals surface area (Å²) in [5, 5.41) is 0. The molecule has 0 amide bonds. The van der Waals surface area contributed by atoms with Gasteiger partial charge in [0.25, 0.3) is 0 Å². The van der Waals surface area contributed by atoms with Crippen LogP contribution in [0.1, 0.15) is 26.7 Å². The van der Waals surface area contributed by atoms with Crippen LogP contribution in [0.5, 0.6) is 0 Å². The van der Waals surface area contributed by atoms with E-state index in [1.165, 1.54) is 13.0 Å². The first-order valence-electron chi connectivity index (χ1n) is 5.59. The van der Waals surface area contributed by atoms with Gasteiger partial charge in [0.2, 0.25) is 0 Å². The number of hydrogen-bond acceptors (Lipinski definition) is 3. The van der Waals surface area contributed by atoms with E-state index in [-0.39, 0.29) is 0 Å². The van der Waals surface area contributed by atoms with Crippen LogP contribution in [0.15, 0.2) is 0 Å². The van der Waals surface area contributed by atoms with E-state index in [9.17, 15) is 0 Å². The molecule has 0 aromatic rings. The van der Waals surface area contributed by atoms with Gasteiger partial charge in [-0.2, -0.15) is 0 Å². The second-order valence-electron chi connectivity index (χ2n) is 5.15. The van der Waals surface area contributed by atoms with Crippen molar-refractivity contribution in [3.63, 3.8) is 0 Å². The summed E-state index contributed by atoms with van der Waals surface area (Å²) in [7, 11) is 4.44. The molecule has 3 nitrogen and oxygen atoms in total. The predicted molar refractivity (Wildman–Crippen MR) is 61.4 cm³/mol. The molecule has 3 heteroatoms. The van der Waals surface area contributed by atoms with Gasteiger partial charge in [0.05, 0.1) is 0 Å². The predicted octanol–water partition coefficient (Wildman–Crippen LogP) is 0.750. The summed E-state index contributed by atoms with van der Waals surface area (Å²) in [5.41, 5.74) is 5.97. The summed E-state index contributed by atoms with van der Waals surface area (Å²) in [4.78, 5) is 4.93. The third-order valence-electron chi connectivity index (χ3n) is 3.72. The van der Waals surface area contributed by atoms with Crippen LogP contribution in [-0.4, -0.2) is 55.1 Å². The lowest BCUT2D eigenvalue weighted by atomic mass is 9.99. The molecule has 2 N–H and O–H groups in total. The van der Waals surface area contributed by atoms with Gasteiger partial charge in [-0.25, -0.2) is 0 Å². The molecule has 1 rings (SSSR count). The third kappa shape index (κ3) is 2.69. The molecule has 1 saturated heterocycles. The SMILES string of the molecule is CN1CCC(C)(C)N(C)CC1CCN. The topological polar surface area (TPSA) is 32.5 Å². The standard InChI is InChI=1S/C11H25N3/c1-11(2)6-8-13(3)10(5-7-12)9-14(11)4/h10H,5-9,12H2,1-4H3. The van der Waals surface area contributed by atoms with E-state index in [1.807, 2.05) is 0 Å². The van der Waals surface area contributed by atoms with Gasteiger partial charge in [-0.3, -0.25) is 4.90 Å². The minimum absolute atomic E-state index is 0.331. The molecule has 0 saturated carbocycles. The molecular formula is C11H25N3. The summed E-state index contributed by atoms with van der Waals surface area (Å²) < 4.78 is 0. The Morgan fingerprint density at radius 2 is 2.00 bits per heavy atom. The van der Waals surface area contributed by atoms with Crippen LogP contribution in [0, 0.1) is 0 Å². The molecule has 0 aromatic heterocycles. The molecule has 1 aliphatic rings. The van der Waals surface area contributed by atoms with Gasteiger partial charge in [-0.05, 0) is 53.9 Å². The summed E-state index contributed by atoms with van der Waals surface area (Å²) in [6.07, 6.45) is 2.35. The Labute approximate surface area is 88.2 Å². The van der Waals surface area contributed by atoms with E-state index >= 15 is 0 Å². The number of nitrogens with zero attached hydrogens (tertiary/aromatic N) is 2. The van der Waals surface area contributed by atoms with E-state index in [1.54, 1.807) is 0 Å². The fraction of sp³-hybridized carbons (Fsp3) is 1.00. The zero-order valence-corrected chi connectivity index (χ0v) is 10.1. The zero-order valence-electron chi connectivity index (χ0n) is 10.1. The van der Waals surface area contributed by atoms with Gasteiger partial charge in [0.1, 0.15) is 0 Å². The molecule has 0 radical (unpaired) electrons. The minimum atomic E-state index is 0.331. The number of rotatable bonds is 2. The van der Waals surface area contributed by atoms with Crippen LogP contribution >= 0.6 is 0 Å². The largest absolute Gasteiger partial charge is 0.330 e. The van der Waals surface area contributed by atoms with Crippen molar-refractivity contribution in [2.24, 2.45) is 5.73 Å². The summed E-state index contributed by atoms with van der Waals surface area (Å²) >= 11 is 0. The van der Waals surface area contributed by atoms with Crippen molar-refractivity contribution >= 4 is 0 Å². The third-order valence-corrected chi connectivity index (χ3v) is 3.72. The Balaban J connectivity index is 2.64. The summed E-state index contributed by atoms with van der Waals surface area (Å²) in [6.45, 7) is 7.77. The van der Waals surface area contributed by atoms with Gasteiger partial charge in [0.15, 0.2) is 0 Å². The molecule has 1 fully saturated rings. The molecule has 1 unspecified atom stereocenters. The van der Waals surface area contributed by atoms with Gasteiger partial charge < -0.3 is 10.6 Å². The van der Waals surface area contributed by atoms with Crippen molar-refractivity contribution in [3.05, 3.63) is 0 Å². The van der Waals surface area contributed by atoms with E-state index in [4.69, 9.17) is 5.73 Å². The molecule has 0 spiro atoms. The Morgan fingerprint density at radius 1 is 1.36 bits per heavy atom. The van der Waals surface area contributed by atoms with Crippen molar-refractivity contribution in [2.45, 2.75) is 38.3 Å². The smallest absolute Gasteiger partial charge is 0.0232 e. The van der Waals surface area contributed by atoms with E-state index in [0.717, 1.165) is 19.5 Å². The van der Waals surface area contributed by atoms with Crippen molar-refractivity contribution in [1.29, 1.82) is 0 Å². The second-order valence-corrected chi connectivity index (χ2v) is 5.15. The van der Waals surface area contributed by atoms with E-state index < -0.39 is 0 Å². The Hall–Kier alpha value is -0.120. The van der Waals surface area contributed by atoms with Crippen LogP contribution in [0.2, 0.25) is 0 Å². The van der Waals surface area contributed by atoms with Crippen molar-refractivity contribution in [3.8, 4) is 0 Å². The highest BCUT2D eigenvalue weighted by Crippen LogP contribution is 2.23. The Bertz CT molecular complexity index is 179. The normalized spacial score (nSPS) is 30.2. The maximum Gasteiger partial charge on any atom is 0.0232 e. The maximum atomic E-state index is 5.64. The first-order chi connectivity index (χ1) is 6.47. The quantitative estimate of drug-likeness (QED) is 0.712. The molecule has 14 heavy (non-hydrogen) atoms. The van der Waals surface area contributed by atoms with Gasteiger partial charge in [-0.15, -0.1) is 0 Å². The summed E-state index contributed by atoms with van der Waals surface area (Å²) in [6, 6.07) is 0.631. The first kappa shape index (κ1) is 12.0. The lowest BCUT2D eigenvalue weighted by molar-refractivity contribution is 0.148. The molecule has 0 bridgehead atoms. The molecule has 1 aliphatic heterocycles. The van der Waals surface area contributed by atoms with Gasteiger partial charge in [0, 0.05) is 18.1 Å². The molecule has 1 atom stereocenters. The Morgan fingerprint density at radius 3 is 2.57 bits per heavy atom. The molecule has 1 heterocycles. The zero-order chi connectivity index (χ0) is 10.8. The van der Waals surface area contributed by atoms with Crippen molar-refractivity contribution in [1.82, 2.24) is 9.80 Å². The maximum absolute atomic E-state index is 5.64. The van der Waals surface area contributed by atoms with Crippen LogP contribution in [0.4, 0.5) is 0 Å². The van der Waals surface area contributed by atoms with E-state index in [0.29, 0.717) is 11.6 Å². The number of likely N-dealkylation sites (N-methyl/N-ethyl adjacent to an activating group) is 2. The van der Waals surface area contributed by atoms with Gasteiger partial charge >= 0.3 is 0 Å². The monoisotopic (exact) mass is 199 g/mol. The minimum Gasteiger partial charge on any atom is -0.330 e. The fourth-order valence-electron chi connectivity index (χ4n) is 2.03. The first-order valence-corrected chi connectivity index (χ1v) is 5.59. The number of hydrogen-bond donors (Lipinski definition) is 1. The number of nitrogens with two attached hydrogens (primary N) is 1. The molecular weight excluding hydrogens is 174 g/mol. The van der Waals surface area contributed by atoms with E-state index in [2.05, 4.69) is 37.7 Å². The molecule has 84 valence electrons. The highest BCUT2D eigenvalue weighted by atomic mass is 15.3. The van der Waals surface area contributed by atoms with Crippen molar-refractivity contribution < 1.29 is 0 Å². The second kappa shape index (κ2) is 4.60. The van der Waals surface area contributed by atoms with Crippen molar-refractivity contribution in [2.75, 3.05) is 33.7 Å². The lowest BCUT2D eigenvalue weighted by Gasteiger charge is -2.34. The highest BCUT2D eigenvalue weighted by molar-refractivity contribution is 4.88. The average molecular weight is 199 g/mol. The van der Waals surface area contributed by atoms with Crippen LogP contribution in [0.25, 0.3) is 0 Å². The average Bonchev–Trinajstić information content (AvgIpc) is 2.20. The van der Waals surface area contributed by atoms with Crippen LogP contribution < -0.4 is 5.73 Å². The fourth-order valence-corrected chi connectivity index (χ4v) is 2.03. The highest BCUT2D eigenvalue weighted by Gasteiger charge is 2.30. The van der Waals surface area contributed by atoms with Crippen LogP contribution in [0.3, 0.4) is 0 Å². The lowest BCUT2D eigenvalue weighted by Crippen LogP contribution is -2.44. The molecule has 0 aliphatic carbocycles. The molecule has 0 aromatic carbocycles.